The molecule has 1 amide bonds. The van der Waals surface area contributed by atoms with Crippen LogP contribution in [0, 0.1) is 5.92 Å². The molecule has 2 fully saturated rings. The lowest BCUT2D eigenvalue weighted by molar-refractivity contribution is -0.122. The van der Waals surface area contributed by atoms with Gasteiger partial charge in [0.15, 0.2) is 0 Å². The van der Waals surface area contributed by atoms with Gasteiger partial charge in [0.2, 0.25) is 11.9 Å². The second kappa shape index (κ2) is 7.25. The van der Waals surface area contributed by atoms with E-state index in [0.717, 1.165) is 25.0 Å². The minimum atomic E-state index is -0.154. The maximum Gasteiger partial charge on any atom is 0.242 e. The molecule has 2 aliphatic rings. The number of anilines is 1. The average molecular weight is 339 g/mol. The summed E-state index contributed by atoms with van der Waals surface area (Å²) >= 11 is 0. The Hall–Kier alpha value is -2.37. The number of carbonyl (C=O) groups is 1. The minimum Gasteiger partial charge on any atom is -0.365 e. The molecule has 1 saturated carbocycles. The van der Waals surface area contributed by atoms with Crippen LogP contribution in [0.4, 0.5) is 5.95 Å². The zero-order valence-corrected chi connectivity index (χ0v) is 14.4. The predicted octanol–water partition coefficient (Wildman–Crippen LogP) is 2.30. The Balaban J connectivity index is 1.46. The van der Waals surface area contributed by atoms with Gasteiger partial charge in [-0.2, -0.15) is 0 Å². The molecule has 0 aromatic carbocycles. The van der Waals surface area contributed by atoms with Crippen LogP contribution in [0.3, 0.4) is 0 Å². The Bertz CT molecular complexity index is 687. The lowest BCUT2D eigenvalue weighted by atomic mass is 9.85. The smallest absolute Gasteiger partial charge is 0.242 e. The van der Waals surface area contributed by atoms with E-state index in [0.29, 0.717) is 24.5 Å². The fraction of sp³-hybridized carbons (Fsp3) is 0.526. The van der Waals surface area contributed by atoms with Crippen molar-refractivity contribution in [2.75, 3.05) is 11.4 Å². The van der Waals surface area contributed by atoms with Crippen LogP contribution in [-0.2, 0) is 11.2 Å². The SMILES string of the molecule is O=C(NCCc1ccc[nH]1)[C@@H]1C[C@@H]2CCCC[C@@H]2N1c1ncccn1. The van der Waals surface area contributed by atoms with E-state index in [2.05, 4.69) is 25.2 Å². The van der Waals surface area contributed by atoms with Crippen molar-refractivity contribution in [3.63, 3.8) is 0 Å². The first-order valence-corrected chi connectivity index (χ1v) is 9.28. The van der Waals surface area contributed by atoms with E-state index in [4.69, 9.17) is 0 Å². The number of fused-ring (bicyclic) bond motifs is 1. The van der Waals surface area contributed by atoms with E-state index in [1.54, 1.807) is 12.4 Å². The first-order valence-electron chi connectivity index (χ1n) is 9.28. The fourth-order valence-corrected chi connectivity index (χ4v) is 4.37. The van der Waals surface area contributed by atoms with Crippen molar-refractivity contribution in [3.8, 4) is 0 Å². The van der Waals surface area contributed by atoms with E-state index in [1.807, 2.05) is 24.4 Å². The number of H-pyrrole nitrogens is 1. The summed E-state index contributed by atoms with van der Waals surface area (Å²) in [4.78, 5) is 27.1. The Morgan fingerprint density at radius 1 is 1.24 bits per heavy atom. The topological polar surface area (TPSA) is 73.9 Å². The standard InChI is InChI=1S/C19H25N5O/c25-18(21-12-8-15-6-3-9-20-15)17-13-14-5-1-2-7-16(14)24(17)19-22-10-4-11-23-19/h3-4,6,9-11,14,16-17,20H,1-2,5,7-8,12-13H2,(H,21,25)/t14-,16-,17-/m0/s1. The molecule has 6 heteroatoms. The van der Waals surface area contributed by atoms with Gasteiger partial charge >= 0.3 is 0 Å². The van der Waals surface area contributed by atoms with Crippen LogP contribution in [-0.4, -0.2) is 39.5 Å². The number of hydrogen-bond donors (Lipinski definition) is 2. The Kier molecular flexibility index (Phi) is 4.68. The van der Waals surface area contributed by atoms with Crippen LogP contribution in [0.2, 0.25) is 0 Å². The first-order chi connectivity index (χ1) is 12.3. The van der Waals surface area contributed by atoms with E-state index in [1.165, 1.54) is 19.3 Å². The van der Waals surface area contributed by atoms with Gasteiger partial charge in [-0.3, -0.25) is 4.79 Å². The van der Waals surface area contributed by atoms with Gasteiger partial charge in [0, 0.05) is 43.3 Å². The van der Waals surface area contributed by atoms with Crippen molar-refractivity contribution in [1.29, 1.82) is 0 Å². The van der Waals surface area contributed by atoms with Crippen molar-refractivity contribution in [2.45, 2.75) is 50.6 Å². The van der Waals surface area contributed by atoms with Gasteiger partial charge in [0.05, 0.1) is 0 Å². The maximum absolute atomic E-state index is 12.9. The van der Waals surface area contributed by atoms with Crippen molar-refractivity contribution < 1.29 is 4.79 Å². The molecule has 1 aliphatic heterocycles. The molecule has 3 heterocycles. The third-order valence-corrected chi connectivity index (χ3v) is 5.53. The fourth-order valence-electron chi connectivity index (χ4n) is 4.37. The number of amides is 1. The second-order valence-electron chi connectivity index (χ2n) is 7.06. The lowest BCUT2D eigenvalue weighted by Crippen LogP contribution is -2.48. The van der Waals surface area contributed by atoms with Gasteiger partial charge in [0.1, 0.15) is 6.04 Å². The maximum atomic E-state index is 12.9. The Morgan fingerprint density at radius 3 is 2.88 bits per heavy atom. The van der Waals surface area contributed by atoms with Crippen molar-refractivity contribution >= 4 is 11.9 Å². The number of aromatic nitrogens is 3. The van der Waals surface area contributed by atoms with E-state index < -0.39 is 0 Å². The van der Waals surface area contributed by atoms with Gasteiger partial charge in [-0.15, -0.1) is 0 Å². The third-order valence-electron chi connectivity index (χ3n) is 5.53. The van der Waals surface area contributed by atoms with Gasteiger partial charge in [-0.1, -0.05) is 12.8 Å². The van der Waals surface area contributed by atoms with Gasteiger partial charge in [-0.25, -0.2) is 9.97 Å². The summed E-state index contributed by atoms with van der Waals surface area (Å²) in [6.07, 6.45) is 12.0. The van der Waals surface area contributed by atoms with Crippen molar-refractivity contribution in [2.24, 2.45) is 5.92 Å². The van der Waals surface area contributed by atoms with E-state index >= 15 is 0 Å². The highest BCUT2D eigenvalue weighted by molar-refractivity contribution is 5.85. The zero-order chi connectivity index (χ0) is 17.1. The van der Waals surface area contributed by atoms with Gasteiger partial charge in [0.25, 0.3) is 0 Å². The summed E-state index contributed by atoms with van der Waals surface area (Å²) in [5, 5.41) is 3.12. The van der Waals surface area contributed by atoms with Crippen LogP contribution in [0.25, 0.3) is 0 Å². The molecule has 132 valence electrons. The molecule has 6 nitrogen and oxygen atoms in total. The predicted molar refractivity (Wildman–Crippen MR) is 96.2 cm³/mol. The molecule has 2 aromatic heterocycles. The van der Waals surface area contributed by atoms with Crippen LogP contribution >= 0.6 is 0 Å². The molecule has 3 atom stereocenters. The largest absolute Gasteiger partial charge is 0.365 e. The Labute approximate surface area is 148 Å². The summed E-state index contributed by atoms with van der Waals surface area (Å²) < 4.78 is 0. The van der Waals surface area contributed by atoms with E-state index in [9.17, 15) is 4.79 Å². The monoisotopic (exact) mass is 339 g/mol. The highest BCUT2D eigenvalue weighted by Crippen LogP contribution is 2.41. The third kappa shape index (κ3) is 3.38. The van der Waals surface area contributed by atoms with Crippen LogP contribution in [0.5, 0.6) is 0 Å². The molecule has 2 aromatic rings. The molecule has 0 bridgehead atoms. The quantitative estimate of drug-likeness (QED) is 0.877. The molecule has 2 N–H and O–H groups in total. The highest BCUT2D eigenvalue weighted by atomic mass is 16.2. The normalized spacial score (nSPS) is 25.6. The summed E-state index contributed by atoms with van der Waals surface area (Å²) in [5.41, 5.74) is 1.14. The molecule has 0 unspecified atom stereocenters. The average Bonchev–Trinajstić information content (AvgIpc) is 3.30. The van der Waals surface area contributed by atoms with Crippen molar-refractivity contribution in [3.05, 3.63) is 42.5 Å². The number of nitrogens with one attached hydrogen (secondary N) is 2. The lowest BCUT2D eigenvalue weighted by Gasteiger charge is -2.33. The number of aromatic amines is 1. The second-order valence-corrected chi connectivity index (χ2v) is 7.06. The number of carbonyl (C=O) groups excluding carboxylic acids is 1. The Morgan fingerprint density at radius 2 is 2.08 bits per heavy atom. The van der Waals surface area contributed by atoms with E-state index in [-0.39, 0.29) is 11.9 Å². The molecule has 1 saturated heterocycles. The molecular weight excluding hydrogens is 314 g/mol. The van der Waals surface area contributed by atoms with Crippen LogP contribution in [0.1, 0.15) is 37.8 Å². The summed E-state index contributed by atoms with van der Waals surface area (Å²) in [5.74, 6) is 1.38. The molecule has 4 rings (SSSR count). The zero-order valence-electron chi connectivity index (χ0n) is 14.4. The highest BCUT2D eigenvalue weighted by Gasteiger charge is 2.46. The summed E-state index contributed by atoms with van der Waals surface area (Å²) in [6.45, 7) is 0.647. The molecule has 0 radical (unpaired) electrons. The molecule has 25 heavy (non-hydrogen) atoms. The van der Waals surface area contributed by atoms with Gasteiger partial charge in [-0.05, 0) is 43.4 Å². The molecule has 1 aliphatic carbocycles. The number of hydrogen-bond acceptors (Lipinski definition) is 4. The first kappa shape index (κ1) is 16.1. The number of nitrogens with zero attached hydrogens (tertiary/aromatic N) is 3. The summed E-state index contributed by atoms with van der Waals surface area (Å²) in [7, 11) is 0. The number of rotatable bonds is 5. The minimum absolute atomic E-state index is 0.105. The van der Waals surface area contributed by atoms with Gasteiger partial charge < -0.3 is 15.2 Å². The molecular formula is C19H25N5O. The van der Waals surface area contributed by atoms with Crippen LogP contribution < -0.4 is 10.2 Å². The molecule has 0 spiro atoms. The summed E-state index contributed by atoms with van der Waals surface area (Å²) in [6, 6.07) is 6.09. The van der Waals surface area contributed by atoms with Crippen LogP contribution in [0.15, 0.2) is 36.8 Å². The van der Waals surface area contributed by atoms with Crippen molar-refractivity contribution in [1.82, 2.24) is 20.3 Å².